The van der Waals surface area contributed by atoms with Gasteiger partial charge in [-0.1, -0.05) is 0 Å². The van der Waals surface area contributed by atoms with Gasteiger partial charge in [-0.2, -0.15) is 8.42 Å². The maximum atomic E-state index is 11.3. The first-order valence-electron chi connectivity index (χ1n) is 5.55. The predicted octanol–water partition coefficient (Wildman–Crippen LogP) is -2.26. The van der Waals surface area contributed by atoms with Gasteiger partial charge in [-0.05, 0) is 24.3 Å². The Labute approximate surface area is 145 Å². The van der Waals surface area contributed by atoms with Crippen LogP contribution in [-0.4, -0.2) is 37.3 Å². The maximum absolute atomic E-state index is 11.3. The Kier molecular flexibility index (Phi) is 8.52. The van der Waals surface area contributed by atoms with Gasteiger partial charge in [-0.25, -0.2) is 4.79 Å². The molecule has 0 heterocycles. The van der Waals surface area contributed by atoms with Gasteiger partial charge < -0.3 is 16.8 Å². The molecule has 112 valence electrons. The van der Waals surface area contributed by atoms with E-state index in [0.717, 1.165) is 0 Å². The predicted molar refractivity (Wildman–Crippen MR) is 72.3 cm³/mol. The zero-order valence-electron chi connectivity index (χ0n) is 12.6. The molecule has 0 unspecified atom stereocenters. The molecule has 1 aromatic carbocycles. The molecule has 1 aromatic rings. The number of carbonyl (C=O) groups is 2. The van der Waals surface area contributed by atoms with Crippen molar-refractivity contribution in [2.45, 2.75) is 6.92 Å². The van der Waals surface area contributed by atoms with Crippen LogP contribution in [0.4, 0.5) is 10.5 Å². The molecule has 1 rings (SSSR count). The Hall–Kier alpha value is -1.13. The Morgan fingerprint density at radius 1 is 1.29 bits per heavy atom. The molecule has 10 heteroatoms. The van der Waals surface area contributed by atoms with Crippen molar-refractivity contribution in [2.24, 2.45) is 0 Å². The normalized spacial score (nSPS) is 10.2. The summed E-state index contributed by atoms with van der Waals surface area (Å²) in [6.07, 6.45) is -0.846. The fourth-order valence-corrected chi connectivity index (χ4v) is 1.59. The second kappa shape index (κ2) is 9.00. The van der Waals surface area contributed by atoms with Gasteiger partial charge in [-0.3, -0.25) is 9.35 Å². The van der Waals surface area contributed by atoms with Crippen LogP contribution in [0.25, 0.3) is 0 Å². The summed E-state index contributed by atoms with van der Waals surface area (Å²) in [5.74, 6) is -0.589. The fourth-order valence-electron chi connectivity index (χ4n) is 1.23. The quantitative estimate of drug-likeness (QED) is 0.415. The minimum Gasteiger partial charge on any atom is -1.00 e. The number of nitrogens with one attached hydrogen (secondary N) is 2. The molecular formula is C11H15N2NaO6S. The Morgan fingerprint density at radius 2 is 1.86 bits per heavy atom. The zero-order valence-corrected chi connectivity index (χ0v) is 14.4. The number of hydrogen-bond acceptors (Lipinski definition) is 5. The number of rotatable bonds is 5. The van der Waals surface area contributed by atoms with Crippen molar-refractivity contribution in [3.05, 3.63) is 24.3 Å². The van der Waals surface area contributed by atoms with Crippen molar-refractivity contribution >= 4 is 27.8 Å². The molecule has 0 saturated heterocycles. The number of ether oxygens (including phenoxy) is 1. The van der Waals surface area contributed by atoms with Gasteiger partial charge in [0.25, 0.3) is 10.1 Å². The molecule has 8 nitrogen and oxygen atoms in total. The first-order valence-corrected chi connectivity index (χ1v) is 7.16. The molecule has 21 heavy (non-hydrogen) atoms. The molecule has 0 bridgehead atoms. The van der Waals surface area contributed by atoms with Crippen LogP contribution in [0.1, 0.15) is 8.35 Å². The van der Waals surface area contributed by atoms with E-state index in [1.807, 2.05) is 0 Å². The fraction of sp³-hybridized carbons (Fsp3) is 0.273. The Bertz CT molecular complexity index is 593. The van der Waals surface area contributed by atoms with Crippen molar-refractivity contribution in [3.63, 3.8) is 0 Å². The standard InChI is InChI=1S/C11H14N2O6S.Na.H/c1-8(14)13-9-2-4-10(5-3-9)19-11(15)12-6-7-20(16,17)18;;/h2-5H,6-7H2,1H3,(H,12,15)(H,13,14)(H,16,17,18);;/q;+1;-1. The van der Waals surface area contributed by atoms with Crippen molar-refractivity contribution < 1.29 is 58.3 Å². The first kappa shape index (κ1) is 19.9. The summed E-state index contributed by atoms with van der Waals surface area (Å²) in [5, 5.41) is 4.71. The van der Waals surface area contributed by atoms with Gasteiger partial charge in [0.2, 0.25) is 5.91 Å². The minimum absolute atomic E-state index is 0. The smallest absolute Gasteiger partial charge is 1.00 e. The SMILES string of the molecule is CC(=O)Nc1ccc(OC(=O)NCCS(=O)(=O)O)cc1.[H-].[Na+]. The number of amides is 2. The van der Waals surface area contributed by atoms with Crippen LogP contribution in [0.2, 0.25) is 0 Å². The van der Waals surface area contributed by atoms with Crippen LogP contribution >= 0.6 is 0 Å². The van der Waals surface area contributed by atoms with Gasteiger partial charge >= 0.3 is 35.7 Å². The monoisotopic (exact) mass is 326 g/mol. The van der Waals surface area contributed by atoms with E-state index in [-0.39, 0.29) is 49.2 Å². The van der Waals surface area contributed by atoms with E-state index < -0.39 is 22.0 Å². The topological polar surface area (TPSA) is 122 Å². The maximum Gasteiger partial charge on any atom is 1.00 e. The summed E-state index contributed by atoms with van der Waals surface area (Å²) in [4.78, 5) is 22.1. The molecule has 0 saturated carbocycles. The van der Waals surface area contributed by atoms with Crippen molar-refractivity contribution in [3.8, 4) is 5.75 Å². The number of benzene rings is 1. The average molecular weight is 326 g/mol. The van der Waals surface area contributed by atoms with Gasteiger partial charge in [0, 0.05) is 19.2 Å². The second-order valence-corrected chi connectivity index (χ2v) is 5.38. The molecule has 0 aromatic heterocycles. The minimum atomic E-state index is -4.12. The largest absolute Gasteiger partial charge is 1.00 e. The molecule has 3 N–H and O–H groups in total. The van der Waals surface area contributed by atoms with E-state index in [0.29, 0.717) is 5.69 Å². The molecule has 0 radical (unpaired) electrons. The summed E-state index contributed by atoms with van der Waals surface area (Å²) in [6.45, 7) is 1.11. The third-order valence-electron chi connectivity index (χ3n) is 2.01. The molecular weight excluding hydrogens is 311 g/mol. The van der Waals surface area contributed by atoms with E-state index in [9.17, 15) is 18.0 Å². The van der Waals surface area contributed by atoms with E-state index in [1.165, 1.54) is 19.1 Å². The summed E-state index contributed by atoms with van der Waals surface area (Å²) in [6, 6.07) is 6.02. The van der Waals surface area contributed by atoms with Crippen LogP contribution in [0.5, 0.6) is 5.75 Å². The van der Waals surface area contributed by atoms with Crippen LogP contribution < -0.4 is 44.9 Å². The molecule has 0 spiro atoms. The molecule has 0 aliphatic carbocycles. The third kappa shape index (κ3) is 9.43. The van der Waals surface area contributed by atoms with E-state index >= 15 is 0 Å². The summed E-state index contributed by atoms with van der Waals surface area (Å²) >= 11 is 0. The van der Waals surface area contributed by atoms with Crippen molar-refractivity contribution in [2.75, 3.05) is 17.6 Å². The van der Waals surface area contributed by atoms with Crippen LogP contribution in [0, 0.1) is 0 Å². The summed E-state index contributed by atoms with van der Waals surface area (Å²) in [5.41, 5.74) is 0.552. The molecule has 0 aliphatic heterocycles. The van der Waals surface area contributed by atoms with Gasteiger partial charge in [0.15, 0.2) is 0 Å². The molecule has 0 atom stereocenters. The van der Waals surface area contributed by atoms with Gasteiger partial charge in [0.05, 0.1) is 5.75 Å². The van der Waals surface area contributed by atoms with E-state index in [4.69, 9.17) is 9.29 Å². The second-order valence-electron chi connectivity index (χ2n) is 3.81. The summed E-state index contributed by atoms with van der Waals surface area (Å²) < 4.78 is 34.2. The van der Waals surface area contributed by atoms with Gasteiger partial charge in [0.1, 0.15) is 5.75 Å². The number of carbonyl (C=O) groups excluding carboxylic acids is 2. The first-order chi connectivity index (χ1) is 9.26. The van der Waals surface area contributed by atoms with E-state index in [2.05, 4.69) is 10.6 Å². The van der Waals surface area contributed by atoms with Crippen LogP contribution in [0.3, 0.4) is 0 Å². The van der Waals surface area contributed by atoms with Crippen molar-refractivity contribution in [1.29, 1.82) is 0 Å². The van der Waals surface area contributed by atoms with Gasteiger partial charge in [-0.15, -0.1) is 0 Å². The summed E-state index contributed by atoms with van der Waals surface area (Å²) in [7, 11) is -4.12. The Balaban J connectivity index is 0. The number of hydrogen-bond donors (Lipinski definition) is 3. The molecule has 0 aliphatic rings. The number of anilines is 1. The zero-order chi connectivity index (χ0) is 15.2. The third-order valence-corrected chi connectivity index (χ3v) is 2.73. The average Bonchev–Trinajstić information content (AvgIpc) is 2.29. The Morgan fingerprint density at radius 3 is 2.33 bits per heavy atom. The van der Waals surface area contributed by atoms with E-state index in [1.54, 1.807) is 12.1 Å². The molecule has 2 amide bonds. The van der Waals surface area contributed by atoms with Crippen molar-refractivity contribution in [1.82, 2.24) is 5.32 Å². The van der Waals surface area contributed by atoms with Crippen LogP contribution in [0.15, 0.2) is 24.3 Å². The molecule has 0 fully saturated rings. The van der Waals surface area contributed by atoms with Crippen LogP contribution in [-0.2, 0) is 14.9 Å².